The summed E-state index contributed by atoms with van der Waals surface area (Å²) in [5, 5.41) is 10.6. The summed E-state index contributed by atoms with van der Waals surface area (Å²) in [6, 6.07) is 2.30. The van der Waals surface area contributed by atoms with Crippen molar-refractivity contribution >= 4 is 28.5 Å². The van der Waals surface area contributed by atoms with Crippen molar-refractivity contribution < 1.29 is 23.1 Å². The Hall–Kier alpha value is -2.85. The summed E-state index contributed by atoms with van der Waals surface area (Å²) in [4.78, 5) is 20.8. The minimum atomic E-state index is -0.618. The summed E-state index contributed by atoms with van der Waals surface area (Å²) >= 11 is 5.74. The fraction of sp³-hybridized carbons (Fsp3) is 0.421. The van der Waals surface area contributed by atoms with Gasteiger partial charge in [0.05, 0.1) is 41.5 Å². The van der Waals surface area contributed by atoms with Crippen molar-refractivity contribution in [2.45, 2.75) is 38.3 Å². The molecule has 1 aliphatic rings. The van der Waals surface area contributed by atoms with E-state index in [2.05, 4.69) is 25.5 Å². The zero-order valence-corrected chi connectivity index (χ0v) is 16.9. The predicted octanol–water partition coefficient (Wildman–Crippen LogP) is 3.24. The summed E-state index contributed by atoms with van der Waals surface area (Å²) in [6.07, 6.45) is 3.18. The highest BCUT2D eigenvalue weighted by molar-refractivity contribution is 6.31. The maximum absolute atomic E-state index is 13.7. The van der Waals surface area contributed by atoms with E-state index in [1.54, 1.807) is 0 Å². The first kappa shape index (κ1) is 20.4. The first-order chi connectivity index (χ1) is 14.5. The fourth-order valence-corrected chi connectivity index (χ4v) is 3.19. The lowest BCUT2D eigenvalue weighted by atomic mass is 10.0. The van der Waals surface area contributed by atoms with Gasteiger partial charge in [0.15, 0.2) is 0 Å². The van der Waals surface area contributed by atoms with Crippen LogP contribution in [-0.2, 0) is 4.74 Å². The summed E-state index contributed by atoms with van der Waals surface area (Å²) in [5.74, 6) is -0.682. The lowest BCUT2D eigenvalue weighted by Gasteiger charge is -2.27. The van der Waals surface area contributed by atoms with Gasteiger partial charge in [-0.25, -0.2) is 9.37 Å². The van der Waals surface area contributed by atoms with E-state index in [1.807, 2.05) is 6.92 Å². The number of benzene rings is 1. The zero-order chi connectivity index (χ0) is 21.1. The van der Waals surface area contributed by atoms with E-state index >= 15 is 0 Å². The molecular weight excluding hydrogens is 417 g/mol. The number of amides is 1. The summed E-state index contributed by atoms with van der Waals surface area (Å²) in [5.41, 5.74) is 0.742. The van der Waals surface area contributed by atoms with E-state index in [-0.39, 0.29) is 41.1 Å². The van der Waals surface area contributed by atoms with Gasteiger partial charge in [0.2, 0.25) is 5.89 Å². The Kier molecular flexibility index (Phi) is 6.05. The molecule has 1 aliphatic heterocycles. The van der Waals surface area contributed by atoms with Gasteiger partial charge in [-0.05, 0) is 25.3 Å². The molecule has 158 valence electrons. The van der Waals surface area contributed by atoms with Gasteiger partial charge in [0.1, 0.15) is 17.6 Å². The third-order valence-corrected chi connectivity index (χ3v) is 4.84. The van der Waals surface area contributed by atoms with Crippen LogP contribution < -0.4 is 10.1 Å². The normalized spacial score (nSPS) is 19.0. The van der Waals surface area contributed by atoms with Crippen molar-refractivity contribution in [3.8, 4) is 6.08 Å². The Morgan fingerprint density at radius 2 is 2.20 bits per heavy atom. The van der Waals surface area contributed by atoms with Crippen molar-refractivity contribution in [2.24, 2.45) is 0 Å². The van der Waals surface area contributed by atoms with Gasteiger partial charge >= 0.3 is 6.08 Å². The molecule has 9 nitrogen and oxygen atoms in total. The Morgan fingerprint density at radius 3 is 2.97 bits per heavy atom. The third-order valence-electron chi connectivity index (χ3n) is 4.56. The van der Waals surface area contributed by atoms with Crippen molar-refractivity contribution in [1.82, 2.24) is 25.5 Å². The Morgan fingerprint density at radius 1 is 1.33 bits per heavy atom. The lowest BCUT2D eigenvalue weighted by molar-refractivity contribution is -0.0190. The van der Waals surface area contributed by atoms with E-state index in [9.17, 15) is 9.18 Å². The highest BCUT2D eigenvalue weighted by Gasteiger charge is 2.28. The van der Waals surface area contributed by atoms with Gasteiger partial charge in [-0.2, -0.15) is 0 Å². The number of nitrogens with one attached hydrogen (secondary N) is 1. The molecule has 30 heavy (non-hydrogen) atoms. The molecular formula is C19H19ClFN5O4. The molecule has 3 heterocycles. The molecule has 0 unspecified atom stereocenters. The van der Waals surface area contributed by atoms with Gasteiger partial charge in [-0.1, -0.05) is 23.6 Å². The minimum Gasteiger partial charge on any atom is -0.449 e. The van der Waals surface area contributed by atoms with E-state index in [1.165, 1.54) is 12.3 Å². The molecule has 0 radical (unpaired) electrons. The molecule has 1 saturated heterocycles. The first-order valence-corrected chi connectivity index (χ1v) is 9.91. The van der Waals surface area contributed by atoms with E-state index in [0.717, 1.165) is 12.5 Å². The Bertz CT molecular complexity index is 1050. The molecule has 0 bridgehead atoms. The number of halogens is 2. The van der Waals surface area contributed by atoms with Crippen LogP contribution in [0.2, 0.25) is 5.02 Å². The van der Waals surface area contributed by atoms with Crippen LogP contribution in [0.1, 0.15) is 48.7 Å². The Labute approximate surface area is 175 Å². The molecule has 0 spiro atoms. The topological polar surface area (TPSA) is 112 Å². The van der Waals surface area contributed by atoms with Crippen LogP contribution in [0.3, 0.4) is 0 Å². The number of hydrogen-bond donors (Lipinski definition) is 1. The highest BCUT2D eigenvalue weighted by Crippen LogP contribution is 2.28. The molecule has 1 N–H and O–H groups in total. The standard InChI is InChI=1S/C19H19ClFN5O4/c1-2-5-28-19-26-25-18(30-19)16-4-3-10(9-29-16)23-17(27)15-8-22-13-6-11(20)12(21)7-14(13)24-15/h6-8,10,16H,2-5,9H2,1H3,(H,23,27)/t10-,16+/m0/s1. The molecule has 1 aromatic carbocycles. The van der Waals surface area contributed by atoms with Gasteiger partial charge in [-0.3, -0.25) is 9.78 Å². The van der Waals surface area contributed by atoms with Crippen molar-refractivity contribution in [3.63, 3.8) is 0 Å². The van der Waals surface area contributed by atoms with E-state index in [0.29, 0.717) is 30.9 Å². The van der Waals surface area contributed by atoms with Crippen LogP contribution >= 0.6 is 11.6 Å². The number of rotatable bonds is 6. The molecule has 1 fully saturated rings. The average molecular weight is 436 g/mol. The maximum Gasteiger partial charge on any atom is 0.414 e. The van der Waals surface area contributed by atoms with Crippen LogP contribution in [0.4, 0.5) is 4.39 Å². The molecule has 2 atom stereocenters. The number of ether oxygens (including phenoxy) is 2. The van der Waals surface area contributed by atoms with Crippen molar-refractivity contribution in [3.05, 3.63) is 40.8 Å². The van der Waals surface area contributed by atoms with Crippen LogP contribution in [0.25, 0.3) is 11.0 Å². The number of nitrogens with zero attached hydrogens (tertiary/aromatic N) is 4. The van der Waals surface area contributed by atoms with Crippen LogP contribution in [0, 0.1) is 5.82 Å². The second-order valence-corrected chi connectivity index (χ2v) is 7.24. The Balaban J connectivity index is 1.34. The SMILES string of the molecule is CCCOc1nnc([C@H]2CC[C@H](NC(=O)c3cnc4cc(Cl)c(F)cc4n3)CO2)o1. The number of hydrogen-bond acceptors (Lipinski definition) is 8. The number of fused-ring (bicyclic) bond motifs is 1. The van der Waals surface area contributed by atoms with Gasteiger partial charge in [0.25, 0.3) is 5.91 Å². The molecule has 4 rings (SSSR count). The van der Waals surface area contributed by atoms with Crippen LogP contribution in [-0.4, -0.2) is 45.3 Å². The number of aromatic nitrogens is 4. The quantitative estimate of drug-likeness (QED) is 0.627. The largest absolute Gasteiger partial charge is 0.449 e. The zero-order valence-electron chi connectivity index (χ0n) is 16.1. The highest BCUT2D eigenvalue weighted by atomic mass is 35.5. The summed E-state index contributed by atoms with van der Waals surface area (Å²) < 4.78 is 30.2. The average Bonchev–Trinajstić information content (AvgIpc) is 3.22. The molecule has 0 saturated carbocycles. The lowest BCUT2D eigenvalue weighted by Crippen LogP contribution is -2.41. The second kappa shape index (κ2) is 8.88. The van der Waals surface area contributed by atoms with Gasteiger partial charge in [0, 0.05) is 6.07 Å². The van der Waals surface area contributed by atoms with Gasteiger partial charge in [-0.15, -0.1) is 5.10 Å². The first-order valence-electron chi connectivity index (χ1n) is 9.54. The summed E-state index contributed by atoms with van der Waals surface area (Å²) in [6.45, 7) is 2.75. The van der Waals surface area contributed by atoms with Crippen molar-refractivity contribution in [2.75, 3.05) is 13.2 Å². The maximum atomic E-state index is 13.7. The second-order valence-electron chi connectivity index (χ2n) is 6.83. The van der Waals surface area contributed by atoms with Crippen molar-refractivity contribution in [1.29, 1.82) is 0 Å². The molecule has 1 amide bonds. The fourth-order valence-electron chi connectivity index (χ4n) is 3.04. The monoisotopic (exact) mass is 435 g/mol. The third kappa shape index (κ3) is 4.49. The van der Waals surface area contributed by atoms with Gasteiger partial charge < -0.3 is 19.2 Å². The number of carbonyl (C=O) groups is 1. The summed E-state index contributed by atoms with van der Waals surface area (Å²) in [7, 11) is 0. The van der Waals surface area contributed by atoms with Crippen LogP contribution in [0.15, 0.2) is 22.7 Å². The molecule has 3 aromatic rings. The van der Waals surface area contributed by atoms with Crippen LogP contribution in [0.5, 0.6) is 6.08 Å². The number of carbonyl (C=O) groups excluding carboxylic acids is 1. The minimum absolute atomic E-state index is 0.0480. The van der Waals surface area contributed by atoms with E-state index < -0.39 is 11.7 Å². The molecule has 2 aromatic heterocycles. The smallest absolute Gasteiger partial charge is 0.414 e. The molecule has 11 heteroatoms. The molecule has 0 aliphatic carbocycles. The predicted molar refractivity (Wildman–Crippen MR) is 104 cm³/mol. The van der Waals surface area contributed by atoms with E-state index in [4.69, 9.17) is 25.5 Å².